The molecule has 4 rings (SSSR count). The Balaban J connectivity index is 1.64. The zero-order valence-corrected chi connectivity index (χ0v) is 61.6. The van der Waals surface area contributed by atoms with Crippen LogP contribution < -0.4 is 61.2 Å². The first-order valence-electron chi connectivity index (χ1n) is 38.5. The molecule has 0 radical (unpaired) electrons. The van der Waals surface area contributed by atoms with Gasteiger partial charge in [0.2, 0.25) is 0 Å². The Bertz CT molecular complexity index is 2780. The molecular weight excluding hydrogens is 1250 g/mol. The molecule has 4 aromatic rings. The van der Waals surface area contributed by atoms with Gasteiger partial charge in [0.25, 0.3) is 35.4 Å². The van der Waals surface area contributed by atoms with E-state index in [1.807, 2.05) is 0 Å². The maximum Gasteiger partial charge on any atom is 0.259 e. The number of hydrogen-bond donors (Lipinski definition) is 6. The van der Waals surface area contributed by atoms with Crippen molar-refractivity contribution in [1.29, 1.82) is 0 Å². The topological polar surface area (TPSA) is 258 Å². The second-order valence-electron chi connectivity index (χ2n) is 26.3. The number of nitrogens with one attached hydrogen (secondary N) is 4. The van der Waals surface area contributed by atoms with Crippen LogP contribution in [0.3, 0.4) is 0 Å². The van der Waals surface area contributed by atoms with Gasteiger partial charge in [0.1, 0.15) is 34.5 Å². The Morgan fingerprint density at radius 3 is 0.747 bits per heavy atom. The molecule has 99 heavy (non-hydrogen) atoms. The summed E-state index contributed by atoms with van der Waals surface area (Å²) in [7, 11) is 0. The molecule has 0 aliphatic heterocycles. The number of hydrogen-bond acceptors (Lipinski definition) is 12. The molecule has 18 nitrogen and oxygen atoms in total. The van der Waals surface area contributed by atoms with Gasteiger partial charge in [-0.1, -0.05) is 234 Å². The molecule has 0 aliphatic carbocycles. The highest BCUT2D eigenvalue weighted by Crippen LogP contribution is 2.35. The summed E-state index contributed by atoms with van der Waals surface area (Å²) in [4.78, 5) is 83.9. The van der Waals surface area contributed by atoms with Gasteiger partial charge in [-0.2, -0.15) is 0 Å². The van der Waals surface area contributed by atoms with Crippen LogP contribution in [0.25, 0.3) is 0 Å². The highest BCUT2D eigenvalue weighted by atomic mass is 16.5. The molecule has 0 bridgehead atoms. The van der Waals surface area contributed by atoms with E-state index in [2.05, 4.69) is 62.8 Å². The summed E-state index contributed by atoms with van der Waals surface area (Å²) in [5, 5.41) is 11.9. The molecule has 8 N–H and O–H groups in total. The Hall–Kier alpha value is -7.50. The van der Waals surface area contributed by atoms with E-state index in [-0.39, 0.29) is 69.5 Å². The van der Waals surface area contributed by atoms with Crippen LogP contribution in [0.2, 0.25) is 0 Å². The van der Waals surface area contributed by atoms with Gasteiger partial charge in [0.15, 0.2) is 0 Å². The number of primary amides is 2. The zero-order chi connectivity index (χ0) is 71.5. The van der Waals surface area contributed by atoms with E-state index >= 15 is 0 Å². The average molecular weight is 1380 g/mol. The molecule has 0 aliphatic rings. The molecule has 4 aromatic carbocycles. The van der Waals surface area contributed by atoms with E-state index in [9.17, 15) is 28.8 Å². The lowest BCUT2D eigenvalue weighted by Gasteiger charge is -2.19. The summed E-state index contributed by atoms with van der Waals surface area (Å²) in [5.74, 6) is -1.89. The summed E-state index contributed by atoms with van der Waals surface area (Å²) >= 11 is 0. The molecule has 0 heterocycles. The molecule has 0 saturated heterocycles. The third kappa shape index (κ3) is 33.9. The van der Waals surface area contributed by atoms with Gasteiger partial charge >= 0.3 is 0 Å². The maximum atomic E-state index is 14.6. The summed E-state index contributed by atoms with van der Waals surface area (Å²) < 4.78 is 37.7. The zero-order valence-electron chi connectivity index (χ0n) is 61.6. The van der Waals surface area contributed by atoms with Crippen molar-refractivity contribution in [3.8, 4) is 34.5 Å². The monoisotopic (exact) mass is 1370 g/mol. The van der Waals surface area contributed by atoms with E-state index in [0.29, 0.717) is 68.9 Å². The Kier molecular flexibility index (Phi) is 44.5. The molecule has 6 amide bonds. The fourth-order valence-corrected chi connectivity index (χ4v) is 11.6. The SMILES string of the molecule is CCCCCCCCOc1ccc(NC(=O)c2cc(C(=O)NCCCNC(=O)c3cc(C(=O)Nc4ccc(OCCCCCCCC)c(C(N)=O)c4)c(OCCCCCCCC)cc3OCCCCCCCC)c(OCCCCCCCC)cc2OCCCCCCCC)cc1C(N)=O. The summed E-state index contributed by atoms with van der Waals surface area (Å²) in [6, 6.07) is 15.8. The van der Waals surface area contributed by atoms with E-state index in [1.165, 1.54) is 49.9 Å². The smallest absolute Gasteiger partial charge is 0.259 e. The van der Waals surface area contributed by atoms with Crippen molar-refractivity contribution in [3.05, 3.63) is 94.0 Å². The van der Waals surface area contributed by atoms with Crippen LogP contribution >= 0.6 is 0 Å². The van der Waals surface area contributed by atoms with Crippen molar-refractivity contribution < 1.29 is 57.2 Å². The van der Waals surface area contributed by atoms with Crippen LogP contribution in [0.5, 0.6) is 34.5 Å². The van der Waals surface area contributed by atoms with E-state index < -0.39 is 35.4 Å². The minimum Gasteiger partial charge on any atom is -0.493 e. The molecular formula is C81H126N6O12. The second-order valence-corrected chi connectivity index (χ2v) is 26.3. The summed E-state index contributed by atoms with van der Waals surface area (Å²) in [5.41, 5.74) is 13.0. The molecule has 552 valence electrons. The number of anilines is 2. The standard InChI is InChI=1S/C81H126N6O12/c1-7-13-19-25-31-37-50-94-70-46-44-62(56-64(70)76(82)88)86-80(92)68-58-66(72(96-52-39-33-27-21-15-9-3)60-74(68)98-54-41-35-29-23-17-11-5)78(90)84-48-43-49-85-79(91)67-59-69(75(99-55-42-36-30-24-18-12-6)61-73(67)97-53-40-34-28-22-16-10-4)81(93)87-63-45-47-71(65(57-63)77(83)89)95-51-38-32-26-20-14-8-2/h44-47,56-61H,7-43,48-55H2,1-6H3,(H2,82,88)(H2,83,89)(H,84,90)(H,85,91)(H,86,92)(H,87,93). The predicted molar refractivity (Wildman–Crippen MR) is 401 cm³/mol. The van der Waals surface area contributed by atoms with Gasteiger partial charge in [0, 0.05) is 36.6 Å². The number of rotatable bonds is 60. The van der Waals surface area contributed by atoms with Crippen molar-refractivity contribution in [1.82, 2.24) is 10.6 Å². The minimum atomic E-state index is -0.701. The number of carbonyl (C=O) groups excluding carboxylic acids is 6. The highest BCUT2D eigenvalue weighted by molar-refractivity contribution is 6.11. The molecule has 0 unspecified atom stereocenters. The normalized spacial score (nSPS) is 11.1. The molecule has 0 saturated carbocycles. The van der Waals surface area contributed by atoms with Crippen LogP contribution in [0.15, 0.2) is 60.7 Å². The number of carbonyl (C=O) groups is 6. The van der Waals surface area contributed by atoms with Crippen molar-refractivity contribution >= 4 is 46.8 Å². The van der Waals surface area contributed by atoms with Crippen molar-refractivity contribution in [2.24, 2.45) is 11.5 Å². The maximum absolute atomic E-state index is 14.6. The number of benzene rings is 4. The van der Waals surface area contributed by atoms with Crippen LogP contribution in [0, 0.1) is 0 Å². The Morgan fingerprint density at radius 1 is 0.263 bits per heavy atom. The van der Waals surface area contributed by atoms with Crippen molar-refractivity contribution in [2.45, 2.75) is 279 Å². The third-order valence-electron chi connectivity index (χ3n) is 17.6. The van der Waals surface area contributed by atoms with Gasteiger partial charge in [-0.3, -0.25) is 28.8 Å². The Labute approximate surface area is 594 Å². The first-order chi connectivity index (χ1) is 48.3. The summed E-state index contributed by atoms with van der Waals surface area (Å²) in [6.07, 6.45) is 38.0. The summed E-state index contributed by atoms with van der Waals surface area (Å²) in [6.45, 7) is 15.5. The van der Waals surface area contributed by atoms with Crippen molar-refractivity contribution in [2.75, 3.05) is 63.4 Å². The number of ether oxygens (including phenoxy) is 6. The third-order valence-corrected chi connectivity index (χ3v) is 17.6. The highest BCUT2D eigenvalue weighted by Gasteiger charge is 2.26. The second kappa shape index (κ2) is 52.5. The van der Waals surface area contributed by atoms with Crippen molar-refractivity contribution in [3.63, 3.8) is 0 Å². The molecule has 0 atom stereocenters. The van der Waals surface area contributed by atoms with Crippen LogP contribution in [0.4, 0.5) is 11.4 Å². The number of unbranched alkanes of at least 4 members (excludes halogenated alkanes) is 30. The molecule has 18 heteroatoms. The first kappa shape index (κ1) is 83.9. The lowest BCUT2D eigenvalue weighted by atomic mass is 10.1. The Morgan fingerprint density at radius 2 is 0.495 bits per heavy atom. The van der Waals surface area contributed by atoms with E-state index in [1.54, 1.807) is 36.4 Å². The molecule has 0 spiro atoms. The van der Waals surface area contributed by atoms with Gasteiger partial charge in [-0.15, -0.1) is 0 Å². The van der Waals surface area contributed by atoms with E-state index in [4.69, 9.17) is 39.9 Å². The van der Waals surface area contributed by atoms with Gasteiger partial charge in [0.05, 0.1) is 73.0 Å². The van der Waals surface area contributed by atoms with Gasteiger partial charge < -0.3 is 61.2 Å². The van der Waals surface area contributed by atoms with Crippen LogP contribution in [0.1, 0.15) is 341 Å². The fraction of sp³-hybridized carbons (Fsp3) is 0.630. The largest absolute Gasteiger partial charge is 0.493 e. The van der Waals surface area contributed by atoms with Gasteiger partial charge in [-0.05, 0) is 93.5 Å². The molecule has 0 aromatic heterocycles. The quantitative estimate of drug-likeness (QED) is 0.0226. The number of nitrogens with two attached hydrogens (primary N) is 2. The van der Waals surface area contributed by atoms with Crippen LogP contribution in [-0.4, -0.2) is 88.2 Å². The van der Waals surface area contributed by atoms with Crippen LogP contribution in [-0.2, 0) is 0 Å². The lowest BCUT2D eigenvalue weighted by molar-refractivity contribution is 0.0942. The molecule has 0 fully saturated rings. The fourth-order valence-electron chi connectivity index (χ4n) is 11.6. The van der Waals surface area contributed by atoms with Gasteiger partial charge in [-0.25, -0.2) is 0 Å². The minimum absolute atomic E-state index is 0.0905. The average Bonchev–Trinajstić information content (AvgIpc) is 1.48. The predicted octanol–water partition coefficient (Wildman–Crippen LogP) is 19.4. The number of amides is 6. The first-order valence-corrected chi connectivity index (χ1v) is 38.5. The lowest BCUT2D eigenvalue weighted by Crippen LogP contribution is -2.31. The van der Waals surface area contributed by atoms with E-state index in [0.717, 1.165) is 205 Å².